The van der Waals surface area contributed by atoms with Gasteiger partial charge < -0.3 is 14.5 Å². The Bertz CT molecular complexity index is 601. The standard InChI is InChI=1S/C20H33NO3Si/c1-7-23-19(22)17-14-16(15-10-12-21-13-11-15)8-9-18(17)24-25(5,6)20(2,3)4/h8-9,14-15,21H,7,10-13H2,1-6H3. The summed E-state index contributed by atoms with van der Waals surface area (Å²) in [6.07, 6.45) is 2.20. The van der Waals surface area contributed by atoms with Crippen LogP contribution in [0.3, 0.4) is 0 Å². The second-order valence-corrected chi connectivity index (χ2v) is 13.1. The molecule has 0 aliphatic carbocycles. The van der Waals surface area contributed by atoms with E-state index in [1.807, 2.05) is 19.1 Å². The molecule has 1 saturated heterocycles. The molecule has 2 rings (SSSR count). The predicted octanol–water partition coefficient (Wildman–Crippen LogP) is 4.71. The van der Waals surface area contributed by atoms with Gasteiger partial charge in [-0.1, -0.05) is 26.8 Å². The number of nitrogens with one attached hydrogen (secondary N) is 1. The molecule has 1 aromatic rings. The van der Waals surface area contributed by atoms with Gasteiger partial charge in [0.1, 0.15) is 11.3 Å². The van der Waals surface area contributed by atoms with Crippen molar-refractivity contribution in [2.75, 3.05) is 19.7 Å². The van der Waals surface area contributed by atoms with Gasteiger partial charge in [-0.15, -0.1) is 0 Å². The number of hydrogen-bond donors (Lipinski definition) is 1. The van der Waals surface area contributed by atoms with Crippen LogP contribution >= 0.6 is 0 Å². The minimum absolute atomic E-state index is 0.0760. The van der Waals surface area contributed by atoms with Gasteiger partial charge in [0.25, 0.3) is 8.32 Å². The summed E-state index contributed by atoms with van der Waals surface area (Å²) in [7, 11) is -2.02. The summed E-state index contributed by atoms with van der Waals surface area (Å²) in [5, 5.41) is 3.47. The molecule has 1 N–H and O–H groups in total. The van der Waals surface area contributed by atoms with Crippen molar-refractivity contribution >= 4 is 14.3 Å². The van der Waals surface area contributed by atoms with Gasteiger partial charge in [-0.05, 0) is 74.6 Å². The fraction of sp³-hybridized carbons (Fsp3) is 0.650. The highest BCUT2D eigenvalue weighted by molar-refractivity contribution is 6.74. The SMILES string of the molecule is CCOC(=O)c1cc(C2CCNCC2)ccc1O[Si](C)(C)C(C)(C)C. The Morgan fingerprint density at radius 1 is 1.24 bits per heavy atom. The van der Waals surface area contributed by atoms with Crippen molar-refractivity contribution in [3.05, 3.63) is 29.3 Å². The zero-order chi connectivity index (χ0) is 18.7. The normalized spacial score (nSPS) is 16.6. The molecular weight excluding hydrogens is 330 g/mol. The fourth-order valence-electron chi connectivity index (χ4n) is 2.84. The van der Waals surface area contributed by atoms with E-state index in [2.05, 4.69) is 45.2 Å². The fourth-order valence-corrected chi connectivity index (χ4v) is 3.88. The lowest BCUT2D eigenvalue weighted by Gasteiger charge is -2.37. The van der Waals surface area contributed by atoms with Crippen molar-refractivity contribution in [2.24, 2.45) is 0 Å². The molecule has 5 heteroatoms. The van der Waals surface area contributed by atoms with Crippen LogP contribution in [-0.4, -0.2) is 34.0 Å². The van der Waals surface area contributed by atoms with Crippen LogP contribution in [0, 0.1) is 0 Å². The first-order valence-corrected chi connectivity index (χ1v) is 12.3. The highest BCUT2D eigenvalue weighted by Gasteiger charge is 2.39. The van der Waals surface area contributed by atoms with E-state index in [0.717, 1.165) is 25.9 Å². The number of esters is 1. The van der Waals surface area contributed by atoms with Crippen LogP contribution in [0.25, 0.3) is 0 Å². The van der Waals surface area contributed by atoms with E-state index < -0.39 is 8.32 Å². The average molecular weight is 364 g/mol. The third-order valence-corrected chi connectivity index (χ3v) is 9.82. The quantitative estimate of drug-likeness (QED) is 0.608. The molecule has 0 radical (unpaired) electrons. The monoisotopic (exact) mass is 363 g/mol. The van der Waals surface area contributed by atoms with Crippen LogP contribution < -0.4 is 9.74 Å². The maximum atomic E-state index is 12.5. The van der Waals surface area contributed by atoms with Crippen LogP contribution in [0.2, 0.25) is 18.1 Å². The van der Waals surface area contributed by atoms with Gasteiger partial charge in [-0.3, -0.25) is 0 Å². The highest BCUT2D eigenvalue weighted by atomic mass is 28.4. The Hall–Kier alpha value is -1.33. The smallest absolute Gasteiger partial charge is 0.341 e. The largest absolute Gasteiger partial charge is 0.543 e. The van der Waals surface area contributed by atoms with Crippen LogP contribution in [0.5, 0.6) is 5.75 Å². The summed E-state index contributed by atoms with van der Waals surface area (Å²) in [5.74, 6) is 0.881. The zero-order valence-electron chi connectivity index (χ0n) is 16.6. The molecular formula is C20H33NO3Si. The van der Waals surface area contributed by atoms with Crippen LogP contribution in [0.15, 0.2) is 18.2 Å². The van der Waals surface area contributed by atoms with Crippen molar-refractivity contribution in [2.45, 2.75) is 64.6 Å². The molecule has 1 aliphatic rings. The first-order valence-electron chi connectivity index (χ1n) is 9.36. The highest BCUT2D eigenvalue weighted by Crippen LogP contribution is 2.39. The van der Waals surface area contributed by atoms with Crippen LogP contribution in [0.4, 0.5) is 0 Å². The van der Waals surface area contributed by atoms with Crippen LogP contribution in [-0.2, 0) is 4.74 Å². The summed E-state index contributed by atoms with van der Waals surface area (Å²) in [6.45, 7) is 15.3. The summed E-state index contributed by atoms with van der Waals surface area (Å²) < 4.78 is 11.7. The maximum Gasteiger partial charge on any atom is 0.341 e. The third kappa shape index (κ3) is 4.85. The van der Waals surface area contributed by atoms with Gasteiger partial charge in [0.15, 0.2) is 0 Å². The number of carbonyl (C=O) groups is 1. The Balaban J connectivity index is 2.36. The minimum Gasteiger partial charge on any atom is -0.543 e. The first-order chi connectivity index (χ1) is 11.7. The second kappa shape index (κ2) is 7.91. The molecule has 0 unspecified atom stereocenters. The van der Waals surface area contributed by atoms with E-state index in [-0.39, 0.29) is 11.0 Å². The lowest BCUT2D eigenvalue weighted by Crippen LogP contribution is -2.44. The van der Waals surface area contributed by atoms with E-state index in [1.165, 1.54) is 5.56 Å². The van der Waals surface area contributed by atoms with Crippen molar-refractivity contribution in [3.63, 3.8) is 0 Å². The molecule has 140 valence electrons. The van der Waals surface area contributed by atoms with Gasteiger partial charge in [0.2, 0.25) is 0 Å². The lowest BCUT2D eigenvalue weighted by molar-refractivity contribution is 0.0524. The summed E-state index contributed by atoms with van der Waals surface area (Å²) in [6, 6.07) is 6.10. The summed E-state index contributed by atoms with van der Waals surface area (Å²) >= 11 is 0. The van der Waals surface area contributed by atoms with Gasteiger partial charge in [-0.25, -0.2) is 4.79 Å². The molecule has 0 aromatic heterocycles. The minimum atomic E-state index is -2.02. The molecule has 25 heavy (non-hydrogen) atoms. The molecule has 1 aliphatic heterocycles. The Kier molecular flexibility index (Phi) is 6.33. The van der Waals surface area contributed by atoms with E-state index in [1.54, 1.807) is 0 Å². The molecule has 0 atom stereocenters. The molecule has 1 aromatic carbocycles. The molecule has 4 nitrogen and oxygen atoms in total. The topological polar surface area (TPSA) is 47.6 Å². The van der Waals surface area contributed by atoms with Crippen molar-refractivity contribution in [3.8, 4) is 5.75 Å². The Morgan fingerprint density at radius 3 is 2.44 bits per heavy atom. The molecule has 0 saturated carbocycles. The number of benzene rings is 1. The Morgan fingerprint density at radius 2 is 1.88 bits per heavy atom. The van der Waals surface area contributed by atoms with E-state index in [9.17, 15) is 4.79 Å². The lowest BCUT2D eigenvalue weighted by atomic mass is 9.89. The van der Waals surface area contributed by atoms with Crippen LogP contribution in [0.1, 0.15) is 62.4 Å². The van der Waals surface area contributed by atoms with E-state index in [0.29, 0.717) is 23.8 Å². The summed E-state index contributed by atoms with van der Waals surface area (Å²) in [5.41, 5.74) is 1.79. The average Bonchev–Trinajstić information content (AvgIpc) is 2.55. The van der Waals surface area contributed by atoms with Crippen molar-refractivity contribution < 1.29 is 14.0 Å². The number of ether oxygens (including phenoxy) is 1. The van der Waals surface area contributed by atoms with Gasteiger partial charge in [0, 0.05) is 0 Å². The second-order valence-electron chi connectivity index (χ2n) is 8.36. The number of carbonyl (C=O) groups excluding carboxylic acids is 1. The molecule has 0 spiro atoms. The third-order valence-electron chi connectivity index (χ3n) is 5.48. The molecule has 0 amide bonds. The van der Waals surface area contributed by atoms with Crippen molar-refractivity contribution in [1.82, 2.24) is 5.32 Å². The van der Waals surface area contributed by atoms with E-state index in [4.69, 9.17) is 9.16 Å². The van der Waals surface area contributed by atoms with Gasteiger partial charge in [0.05, 0.1) is 6.61 Å². The molecule has 0 bridgehead atoms. The molecule has 1 heterocycles. The number of piperidine rings is 1. The van der Waals surface area contributed by atoms with Crippen molar-refractivity contribution in [1.29, 1.82) is 0 Å². The van der Waals surface area contributed by atoms with E-state index >= 15 is 0 Å². The number of rotatable bonds is 5. The first kappa shape index (κ1) is 20.0. The maximum absolute atomic E-state index is 12.5. The summed E-state index contributed by atoms with van der Waals surface area (Å²) in [4.78, 5) is 12.5. The van der Waals surface area contributed by atoms with Gasteiger partial charge >= 0.3 is 5.97 Å². The Labute approximate surface area is 153 Å². The molecule has 1 fully saturated rings. The predicted molar refractivity (Wildman–Crippen MR) is 105 cm³/mol. The zero-order valence-corrected chi connectivity index (χ0v) is 17.6. The van der Waals surface area contributed by atoms with Gasteiger partial charge in [-0.2, -0.15) is 0 Å². The number of hydrogen-bond acceptors (Lipinski definition) is 4.